The fraction of sp³-hybridized carbons (Fsp3) is 0.286. The maximum atomic E-state index is 13.9. The molecule has 0 radical (unpaired) electrons. The Bertz CT molecular complexity index is 1370. The molecule has 0 saturated carbocycles. The number of rotatable bonds is 11. The lowest BCUT2D eigenvalue weighted by Crippen LogP contribution is -2.52. The van der Waals surface area contributed by atoms with Crippen molar-refractivity contribution in [3.63, 3.8) is 0 Å². The van der Waals surface area contributed by atoms with Crippen molar-refractivity contribution >= 4 is 55.1 Å². The molecule has 2 amide bonds. The summed E-state index contributed by atoms with van der Waals surface area (Å²) in [5.74, 6) is -0.804. The average molecular weight is 621 g/mol. The van der Waals surface area contributed by atoms with Gasteiger partial charge in [-0.15, -0.1) is 0 Å². The topological polar surface area (TPSA) is 86.8 Å². The molecule has 0 fully saturated rings. The SMILES string of the molecule is CCNC(=O)C(CC)N(Cc1ccc(Cl)cc1)C(=O)CN(c1cccc(Br)c1)S(=O)(=O)c1ccc(C)cc1. The highest BCUT2D eigenvalue weighted by Gasteiger charge is 2.33. The summed E-state index contributed by atoms with van der Waals surface area (Å²) in [5.41, 5.74) is 2.00. The van der Waals surface area contributed by atoms with Gasteiger partial charge in [-0.3, -0.25) is 13.9 Å². The van der Waals surface area contributed by atoms with Crippen LogP contribution in [0.4, 0.5) is 5.69 Å². The highest BCUT2D eigenvalue weighted by Crippen LogP contribution is 2.27. The lowest BCUT2D eigenvalue weighted by molar-refractivity contribution is -0.140. The van der Waals surface area contributed by atoms with Gasteiger partial charge in [-0.1, -0.05) is 70.3 Å². The number of benzene rings is 3. The summed E-state index contributed by atoms with van der Waals surface area (Å²) < 4.78 is 29.4. The Morgan fingerprint density at radius 3 is 2.24 bits per heavy atom. The van der Waals surface area contributed by atoms with E-state index >= 15 is 0 Å². The molecule has 0 aromatic heterocycles. The fourth-order valence-corrected chi connectivity index (χ4v) is 5.91. The number of nitrogens with one attached hydrogen (secondary N) is 1. The van der Waals surface area contributed by atoms with Gasteiger partial charge in [0.05, 0.1) is 10.6 Å². The van der Waals surface area contributed by atoms with E-state index in [0.29, 0.717) is 28.1 Å². The maximum absolute atomic E-state index is 13.9. The van der Waals surface area contributed by atoms with Crippen molar-refractivity contribution in [2.45, 2.75) is 44.7 Å². The molecule has 3 aromatic carbocycles. The molecule has 10 heteroatoms. The summed E-state index contributed by atoms with van der Waals surface area (Å²) >= 11 is 9.44. The second kappa shape index (κ2) is 13.3. The molecule has 0 aliphatic carbocycles. The number of aryl methyl sites for hydroxylation is 1. The number of halogens is 2. The summed E-state index contributed by atoms with van der Waals surface area (Å²) in [6, 6.07) is 19.4. The zero-order valence-corrected chi connectivity index (χ0v) is 24.7. The van der Waals surface area contributed by atoms with Crippen LogP contribution in [0.1, 0.15) is 31.4 Å². The first kappa shape index (κ1) is 29.7. The van der Waals surface area contributed by atoms with Gasteiger partial charge in [0.1, 0.15) is 12.6 Å². The van der Waals surface area contributed by atoms with Crippen LogP contribution in [-0.2, 0) is 26.2 Å². The normalized spacial score (nSPS) is 12.0. The van der Waals surface area contributed by atoms with E-state index in [1.807, 2.05) is 13.8 Å². The second-order valence-corrected chi connectivity index (χ2v) is 12.0. The van der Waals surface area contributed by atoms with Crippen LogP contribution in [0.5, 0.6) is 0 Å². The first-order valence-corrected chi connectivity index (χ1v) is 14.8. The summed E-state index contributed by atoms with van der Waals surface area (Å²) in [4.78, 5) is 28.4. The third-order valence-electron chi connectivity index (χ3n) is 5.99. The number of carbonyl (C=O) groups is 2. The number of hydrogen-bond donors (Lipinski definition) is 1. The van der Waals surface area contributed by atoms with Gasteiger partial charge in [0, 0.05) is 22.6 Å². The molecular weight excluding hydrogens is 590 g/mol. The van der Waals surface area contributed by atoms with Crippen molar-refractivity contribution in [2.75, 3.05) is 17.4 Å². The van der Waals surface area contributed by atoms with Crippen molar-refractivity contribution in [3.05, 3.63) is 93.4 Å². The molecule has 0 aliphatic rings. The van der Waals surface area contributed by atoms with E-state index in [2.05, 4.69) is 21.2 Å². The van der Waals surface area contributed by atoms with Crippen molar-refractivity contribution < 1.29 is 18.0 Å². The summed E-state index contributed by atoms with van der Waals surface area (Å²) in [6.07, 6.45) is 0.354. The minimum atomic E-state index is -4.11. The predicted molar refractivity (Wildman–Crippen MR) is 155 cm³/mol. The van der Waals surface area contributed by atoms with Crippen LogP contribution in [0, 0.1) is 6.92 Å². The van der Waals surface area contributed by atoms with Gasteiger partial charge < -0.3 is 10.2 Å². The molecule has 0 saturated heterocycles. The number of anilines is 1. The van der Waals surface area contributed by atoms with Crippen LogP contribution in [0.15, 0.2) is 82.2 Å². The molecule has 202 valence electrons. The molecule has 1 unspecified atom stereocenters. The van der Waals surface area contributed by atoms with E-state index in [4.69, 9.17) is 11.6 Å². The molecule has 38 heavy (non-hydrogen) atoms. The van der Waals surface area contributed by atoms with Crippen molar-refractivity contribution in [2.24, 2.45) is 0 Å². The fourth-order valence-electron chi connectivity index (χ4n) is 4.00. The van der Waals surface area contributed by atoms with Gasteiger partial charge in [0.15, 0.2) is 0 Å². The van der Waals surface area contributed by atoms with Gasteiger partial charge in [-0.05, 0) is 68.3 Å². The molecule has 0 aliphatic heterocycles. The first-order chi connectivity index (χ1) is 18.1. The number of hydrogen-bond acceptors (Lipinski definition) is 4. The van der Waals surface area contributed by atoms with E-state index in [9.17, 15) is 18.0 Å². The lowest BCUT2D eigenvalue weighted by atomic mass is 10.1. The Morgan fingerprint density at radius 1 is 1.00 bits per heavy atom. The summed E-state index contributed by atoms with van der Waals surface area (Å²) in [6.45, 7) is 5.52. The van der Waals surface area contributed by atoms with Gasteiger partial charge >= 0.3 is 0 Å². The molecular formula is C28H31BrClN3O4S. The standard InChI is InChI=1S/C28H31BrClN3O4S/c1-4-26(28(35)31-5-2)32(18-21-11-13-23(30)14-12-21)27(34)19-33(24-8-6-7-22(29)17-24)38(36,37)25-15-9-20(3)10-16-25/h6-17,26H,4-5,18-19H2,1-3H3,(H,31,35). The largest absolute Gasteiger partial charge is 0.355 e. The molecule has 0 heterocycles. The lowest BCUT2D eigenvalue weighted by Gasteiger charge is -2.33. The minimum absolute atomic E-state index is 0.0656. The number of sulfonamides is 1. The monoisotopic (exact) mass is 619 g/mol. The van der Waals surface area contributed by atoms with E-state index in [0.717, 1.165) is 15.4 Å². The van der Waals surface area contributed by atoms with Crippen LogP contribution in [0.3, 0.4) is 0 Å². The number of nitrogens with zero attached hydrogens (tertiary/aromatic N) is 2. The van der Waals surface area contributed by atoms with Crippen LogP contribution in [-0.4, -0.2) is 44.3 Å². The zero-order valence-electron chi connectivity index (χ0n) is 21.5. The summed E-state index contributed by atoms with van der Waals surface area (Å²) in [7, 11) is -4.11. The zero-order chi connectivity index (χ0) is 27.9. The van der Waals surface area contributed by atoms with Gasteiger partial charge in [-0.25, -0.2) is 8.42 Å². The Hall–Kier alpha value is -2.88. The Morgan fingerprint density at radius 2 is 1.66 bits per heavy atom. The highest BCUT2D eigenvalue weighted by atomic mass is 79.9. The van der Waals surface area contributed by atoms with E-state index in [1.54, 1.807) is 67.6 Å². The Kier molecular flexibility index (Phi) is 10.4. The third kappa shape index (κ3) is 7.36. The smallest absolute Gasteiger partial charge is 0.264 e. The maximum Gasteiger partial charge on any atom is 0.264 e. The van der Waals surface area contributed by atoms with Gasteiger partial charge in [0.25, 0.3) is 10.0 Å². The highest BCUT2D eigenvalue weighted by molar-refractivity contribution is 9.10. The van der Waals surface area contributed by atoms with Crippen LogP contribution in [0.25, 0.3) is 0 Å². The number of amides is 2. The number of likely N-dealkylation sites (N-methyl/N-ethyl adjacent to an activating group) is 1. The van der Waals surface area contributed by atoms with E-state index in [1.165, 1.54) is 17.0 Å². The predicted octanol–water partition coefficient (Wildman–Crippen LogP) is 5.55. The quantitative estimate of drug-likeness (QED) is 0.305. The van der Waals surface area contributed by atoms with Crippen molar-refractivity contribution in [1.82, 2.24) is 10.2 Å². The molecule has 0 bridgehead atoms. The average Bonchev–Trinajstić information content (AvgIpc) is 2.88. The van der Waals surface area contributed by atoms with E-state index < -0.39 is 28.5 Å². The number of carbonyl (C=O) groups excluding carboxylic acids is 2. The minimum Gasteiger partial charge on any atom is -0.355 e. The molecule has 3 aromatic rings. The van der Waals surface area contributed by atoms with Gasteiger partial charge in [-0.2, -0.15) is 0 Å². The second-order valence-electron chi connectivity index (χ2n) is 8.77. The summed E-state index contributed by atoms with van der Waals surface area (Å²) in [5, 5.41) is 3.34. The van der Waals surface area contributed by atoms with E-state index in [-0.39, 0.29) is 17.3 Å². The molecule has 3 rings (SSSR count). The Balaban J connectivity index is 2.05. The van der Waals surface area contributed by atoms with Crippen molar-refractivity contribution in [1.29, 1.82) is 0 Å². The molecule has 0 spiro atoms. The van der Waals surface area contributed by atoms with Crippen LogP contribution in [0.2, 0.25) is 5.02 Å². The Labute approximate surface area is 238 Å². The first-order valence-electron chi connectivity index (χ1n) is 12.2. The van der Waals surface area contributed by atoms with Crippen LogP contribution < -0.4 is 9.62 Å². The van der Waals surface area contributed by atoms with Crippen molar-refractivity contribution in [3.8, 4) is 0 Å². The molecule has 7 nitrogen and oxygen atoms in total. The van der Waals surface area contributed by atoms with Gasteiger partial charge in [0.2, 0.25) is 11.8 Å². The third-order valence-corrected chi connectivity index (χ3v) is 8.52. The molecule has 1 atom stereocenters. The van der Waals surface area contributed by atoms with Crippen LogP contribution >= 0.6 is 27.5 Å². The molecule has 1 N–H and O–H groups in total.